The molecule has 0 amide bonds. The van der Waals surface area contributed by atoms with Crippen LogP contribution in [0.3, 0.4) is 0 Å². The predicted molar refractivity (Wildman–Crippen MR) is 68.3 cm³/mol. The minimum Gasteiger partial charge on any atom is -0.317 e. The van der Waals surface area contributed by atoms with Crippen LogP contribution in [0.5, 0.6) is 0 Å². The number of nitrogens with zero attached hydrogens (tertiary/aromatic N) is 1. The number of thioether (sulfide) groups is 1. The van der Waals surface area contributed by atoms with Crippen LogP contribution in [0.25, 0.3) is 0 Å². The SMILES string of the molecule is CCNCCCSCCN(CC)CC. The van der Waals surface area contributed by atoms with E-state index in [1.165, 1.54) is 44.1 Å². The minimum atomic E-state index is 1.10. The van der Waals surface area contributed by atoms with Crippen molar-refractivity contribution < 1.29 is 0 Å². The van der Waals surface area contributed by atoms with E-state index in [1.807, 2.05) is 0 Å². The van der Waals surface area contributed by atoms with E-state index in [0.29, 0.717) is 0 Å². The van der Waals surface area contributed by atoms with E-state index in [4.69, 9.17) is 0 Å². The van der Waals surface area contributed by atoms with Crippen molar-refractivity contribution in [2.24, 2.45) is 0 Å². The van der Waals surface area contributed by atoms with Crippen molar-refractivity contribution in [2.75, 3.05) is 44.2 Å². The van der Waals surface area contributed by atoms with E-state index in [9.17, 15) is 0 Å². The van der Waals surface area contributed by atoms with E-state index in [1.54, 1.807) is 0 Å². The van der Waals surface area contributed by atoms with Gasteiger partial charge in [-0.2, -0.15) is 11.8 Å². The Morgan fingerprint density at radius 2 is 1.79 bits per heavy atom. The molecule has 0 radical (unpaired) electrons. The molecule has 0 spiro atoms. The van der Waals surface area contributed by atoms with Crippen LogP contribution in [0.15, 0.2) is 0 Å². The number of nitrogens with one attached hydrogen (secondary N) is 1. The molecule has 0 aromatic heterocycles. The highest BCUT2D eigenvalue weighted by Crippen LogP contribution is 2.02. The lowest BCUT2D eigenvalue weighted by molar-refractivity contribution is 0.324. The average Bonchev–Trinajstić information content (AvgIpc) is 2.22. The summed E-state index contributed by atoms with van der Waals surface area (Å²) in [5.41, 5.74) is 0. The second kappa shape index (κ2) is 11.3. The van der Waals surface area contributed by atoms with Gasteiger partial charge in [0.1, 0.15) is 0 Å². The average molecular weight is 218 g/mol. The monoisotopic (exact) mass is 218 g/mol. The first kappa shape index (κ1) is 14.3. The number of hydrogen-bond acceptors (Lipinski definition) is 3. The number of hydrogen-bond donors (Lipinski definition) is 1. The third-order valence-electron chi connectivity index (χ3n) is 2.34. The Morgan fingerprint density at radius 3 is 2.36 bits per heavy atom. The summed E-state index contributed by atoms with van der Waals surface area (Å²) in [5, 5.41) is 3.35. The van der Waals surface area contributed by atoms with Crippen molar-refractivity contribution in [3.8, 4) is 0 Å². The fourth-order valence-corrected chi connectivity index (χ4v) is 2.25. The molecule has 0 aliphatic heterocycles. The third-order valence-corrected chi connectivity index (χ3v) is 3.39. The molecule has 0 aliphatic carbocycles. The predicted octanol–water partition coefficient (Wildman–Crippen LogP) is 2.06. The highest BCUT2D eigenvalue weighted by Gasteiger charge is 1.97. The molecule has 2 nitrogen and oxygen atoms in total. The van der Waals surface area contributed by atoms with Crippen molar-refractivity contribution in [1.29, 1.82) is 0 Å². The first-order valence-corrected chi connectivity index (χ1v) is 7.01. The molecular formula is C11H26N2S. The van der Waals surface area contributed by atoms with Gasteiger partial charge in [0.15, 0.2) is 0 Å². The van der Waals surface area contributed by atoms with Crippen LogP contribution in [-0.2, 0) is 0 Å². The van der Waals surface area contributed by atoms with Gasteiger partial charge in [-0.25, -0.2) is 0 Å². The molecule has 0 saturated heterocycles. The van der Waals surface area contributed by atoms with Gasteiger partial charge in [-0.3, -0.25) is 0 Å². The quantitative estimate of drug-likeness (QED) is 0.565. The standard InChI is InChI=1S/C11H26N2S/c1-4-12-8-7-10-14-11-9-13(5-2)6-3/h12H,4-11H2,1-3H3. The van der Waals surface area contributed by atoms with Crippen LogP contribution in [0.4, 0.5) is 0 Å². The Labute approximate surface area is 93.8 Å². The summed E-state index contributed by atoms with van der Waals surface area (Å²) in [7, 11) is 0. The molecule has 0 atom stereocenters. The lowest BCUT2D eigenvalue weighted by Crippen LogP contribution is -2.25. The van der Waals surface area contributed by atoms with Crippen LogP contribution in [0, 0.1) is 0 Å². The number of rotatable bonds is 10. The van der Waals surface area contributed by atoms with Gasteiger partial charge < -0.3 is 10.2 Å². The van der Waals surface area contributed by atoms with Gasteiger partial charge in [0.25, 0.3) is 0 Å². The lowest BCUT2D eigenvalue weighted by Gasteiger charge is -2.17. The van der Waals surface area contributed by atoms with Gasteiger partial charge in [-0.1, -0.05) is 20.8 Å². The first-order chi connectivity index (χ1) is 6.85. The molecule has 14 heavy (non-hydrogen) atoms. The van der Waals surface area contributed by atoms with E-state index in [2.05, 4.69) is 42.7 Å². The van der Waals surface area contributed by atoms with Crippen LogP contribution < -0.4 is 5.32 Å². The fraction of sp³-hybridized carbons (Fsp3) is 1.00. The molecule has 0 heterocycles. The largest absolute Gasteiger partial charge is 0.317 e. The van der Waals surface area contributed by atoms with E-state index < -0.39 is 0 Å². The first-order valence-electron chi connectivity index (χ1n) is 5.85. The summed E-state index contributed by atoms with van der Waals surface area (Å²) in [6.45, 7) is 12.5. The van der Waals surface area contributed by atoms with Gasteiger partial charge in [-0.05, 0) is 38.4 Å². The molecule has 0 aromatic carbocycles. The highest BCUT2D eigenvalue weighted by molar-refractivity contribution is 7.99. The topological polar surface area (TPSA) is 15.3 Å². The summed E-state index contributed by atoms with van der Waals surface area (Å²) < 4.78 is 0. The summed E-state index contributed by atoms with van der Waals surface area (Å²) in [6, 6.07) is 0. The minimum absolute atomic E-state index is 1.10. The van der Waals surface area contributed by atoms with Crippen molar-refractivity contribution in [2.45, 2.75) is 27.2 Å². The maximum atomic E-state index is 3.35. The zero-order chi connectivity index (χ0) is 10.6. The smallest absolute Gasteiger partial charge is 0.00721 e. The summed E-state index contributed by atoms with van der Waals surface area (Å²) in [4.78, 5) is 2.48. The summed E-state index contributed by atoms with van der Waals surface area (Å²) in [5.74, 6) is 2.59. The Bertz CT molecular complexity index is 105. The second-order valence-electron chi connectivity index (χ2n) is 3.35. The normalized spacial score (nSPS) is 11.1. The van der Waals surface area contributed by atoms with Crippen molar-refractivity contribution in [3.05, 3.63) is 0 Å². The van der Waals surface area contributed by atoms with Crippen molar-refractivity contribution in [3.63, 3.8) is 0 Å². The molecule has 3 heteroatoms. The van der Waals surface area contributed by atoms with Gasteiger partial charge in [0.05, 0.1) is 0 Å². The molecular weight excluding hydrogens is 192 g/mol. The van der Waals surface area contributed by atoms with Crippen LogP contribution in [-0.4, -0.2) is 49.1 Å². The van der Waals surface area contributed by atoms with Gasteiger partial charge >= 0.3 is 0 Å². The second-order valence-corrected chi connectivity index (χ2v) is 4.57. The third kappa shape index (κ3) is 8.85. The molecule has 0 aliphatic rings. The Morgan fingerprint density at radius 1 is 1.07 bits per heavy atom. The molecule has 0 unspecified atom stereocenters. The molecule has 0 rings (SSSR count). The zero-order valence-electron chi connectivity index (χ0n) is 10.0. The van der Waals surface area contributed by atoms with E-state index in [0.717, 1.165) is 6.54 Å². The summed E-state index contributed by atoms with van der Waals surface area (Å²) >= 11 is 2.08. The van der Waals surface area contributed by atoms with Crippen molar-refractivity contribution >= 4 is 11.8 Å². The molecule has 0 fully saturated rings. The Hall–Kier alpha value is 0.270. The zero-order valence-corrected chi connectivity index (χ0v) is 10.8. The van der Waals surface area contributed by atoms with Gasteiger partial charge in [0.2, 0.25) is 0 Å². The molecule has 1 N–H and O–H groups in total. The lowest BCUT2D eigenvalue weighted by atomic mass is 10.5. The van der Waals surface area contributed by atoms with Crippen LogP contribution in [0.2, 0.25) is 0 Å². The summed E-state index contributed by atoms with van der Waals surface area (Å²) in [6.07, 6.45) is 1.30. The molecule has 0 saturated carbocycles. The van der Waals surface area contributed by atoms with Gasteiger partial charge in [0, 0.05) is 12.3 Å². The fourth-order valence-electron chi connectivity index (χ4n) is 1.31. The molecule has 0 aromatic rings. The Kier molecular flexibility index (Phi) is 11.6. The molecule has 86 valence electrons. The van der Waals surface area contributed by atoms with Crippen molar-refractivity contribution in [1.82, 2.24) is 10.2 Å². The maximum Gasteiger partial charge on any atom is 0.00721 e. The molecule has 0 bridgehead atoms. The van der Waals surface area contributed by atoms with Crippen LogP contribution >= 0.6 is 11.8 Å². The highest BCUT2D eigenvalue weighted by atomic mass is 32.2. The van der Waals surface area contributed by atoms with E-state index >= 15 is 0 Å². The van der Waals surface area contributed by atoms with E-state index in [-0.39, 0.29) is 0 Å². The van der Waals surface area contributed by atoms with Gasteiger partial charge in [-0.15, -0.1) is 0 Å². The maximum absolute atomic E-state index is 3.35. The van der Waals surface area contributed by atoms with Crippen LogP contribution in [0.1, 0.15) is 27.2 Å². The Balaban J connectivity index is 3.04.